The highest BCUT2D eigenvalue weighted by atomic mass is 32.1. The van der Waals surface area contributed by atoms with Crippen LogP contribution in [0.2, 0.25) is 0 Å². The summed E-state index contributed by atoms with van der Waals surface area (Å²) in [5.74, 6) is -0.871. The number of halogens is 1. The molecular formula is C18H20FNO4S. The first-order valence-corrected chi connectivity index (χ1v) is 8.65. The zero-order valence-corrected chi connectivity index (χ0v) is 15.3. The lowest BCUT2D eigenvalue weighted by Crippen LogP contribution is -2.30. The fraction of sp³-hybridized carbons (Fsp3) is 0.333. The van der Waals surface area contributed by atoms with Crippen molar-refractivity contribution in [3.63, 3.8) is 0 Å². The van der Waals surface area contributed by atoms with Crippen molar-refractivity contribution in [3.05, 3.63) is 46.1 Å². The number of carbonyl (C=O) groups excluding carboxylic acids is 2. The highest BCUT2D eigenvalue weighted by molar-refractivity contribution is 7.16. The van der Waals surface area contributed by atoms with Crippen molar-refractivity contribution in [3.8, 4) is 5.75 Å². The maximum Gasteiger partial charge on any atom is 0.341 e. The Balaban J connectivity index is 2.13. The van der Waals surface area contributed by atoms with Crippen LogP contribution < -0.4 is 10.1 Å². The SMILES string of the molecule is CCOC(=O)c1c(NC(=O)[C@H](C)Oc2ccc(F)cc2)sc(C)c1C. The van der Waals surface area contributed by atoms with Gasteiger partial charge in [-0.25, -0.2) is 9.18 Å². The number of rotatable bonds is 6. The van der Waals surface area contributed by atoms with Gasteiger partial charge in [-0.3, -0.25) is 4.79 Å². The van der Waals surface area contributed by atoms with Crippen molar-refractivity contribution < 1.29 is 23.5 Å². The van der Waals surface area contributed by atoms with E-state index in [0.29, 0.717) is 16.3 Å². The summed E-state index contributed by atoms with van der Waals surface area (Å²) in [7, 11) is 0. The summed E-state index contributed by atoms with van der Waals surface area (Å²) in [6, 6.07) is 5.40. The number of thiophene rings is 1. The van der Waals surface area contributed by atoms with Gasteiger partial charge in [0, 0.05) is 4.88 Å². The van der Waals surface area contributed by atoms with Gasteiger partial charge in [-0.2, -0.15) is 0 Å². The molecule has 2 rings (SSSR count). The highest BCUT2D eigenvalue weighted by Gasteiger charge is 2.24. The number of benzene rings is 1. The number of hydrogen-bond acceptors (Lipinski definition) is 5. The van der Waals surface area contributed by atoms with Crippen LogP contribution in [0.1, 0.15) is 34.6 Å². The van der Waals surface area contributed by atoms with Gasteiger partial charge in [-0.15, -0.1) is 11.3 Å². The summed E-state index contributed by atoms with van der Waals surface area (Å²) < 4.78 is 23.5. The topological polar surface area (TPSA) is 64.6 Å². The molecule has 1 aromatic carbocycles. The first kappa shape index (κ1) is 18.9. The van der Waals surface area contributed by atoms with E-state index in [-0.39, 0.29) is 12.4 Å². The molecule has 0 bridgehead atoms. The number of aryl methyl sites for hydroxylation is 1. The Hall–Kier alpha value is -2.41. The van der Waals surface area contributed by atoms with Crippen molar-refractivity contribution in [2.45, 2.75) is 33.8 Å². The minimum Gasteiger partial charge on any atom is -0.481 e. The summed E-state index contributed by atoms with van der Waals surface area (Å²) >= 11 is 1.31. The number of anilines is 1. The summed E-state index contributed by atoms with van der Waals surface area (Å²) in [5, 5.41) is 3.16. The van der Waals surface area contributed by atoms with E-state index in [1.807, 2.05) is 13.8 Å². The summed E-state index contributed by atoms with van der Waals surface area (Å²) in [6.07, 6.45) is -0.816. The van der Waals surface area contributed by atoms with Gasteiger partial charge in [0.25, 0.3) is 5.91 Å². The van der Waals surface area contributed by atoms with E-state index < -0.39 is 18.0 Å². The molecule has 1 amide bonds. The number of esters is 1. The highest BCUT2D eigenvalue weighted by Crippen LogP contribution is 2.33. The Morgan fingerprint density at radius 1 is 1.24 bits per heavy atom. The van der Waals surface area contributed by atoms with Crippen molar-refractivity contribution in [1.29, 1.82) is 0 Å². The number of ether oxygens (including phenoxy) is 2. The van der Waals surface area contributed by atoms with Gasteiger partial charge in [0.1, 0.15) is 16.6 Å². The Morgan fingerprint density at radius 3 is 2.48 bits per heavy atom. The lowest BCUT2D eigenvalue weighted by atomic mass is 10.1. The molecule has 7 heteroatoms. The van der Waals surface area contributed by atoms with E-state index in [9.17, 15) is 14.0 Å². The molecule has 0 fully saturated rings. The number of nitrogens with one attached hydrogen (secondary N) is 1. The minimum absolute atomic E-state index is 0.255. The van der Waals surface area contributed by atoms with E-state index in [1.165, 1.54) is 35.6 Å². The first-order valence-electron chi connectivity index (χ1n) is 7.83. The number of carbonyl (C=O) groups is 2. The second kappa shape index (κ2) is 8.11. The van der Waals surface area contributed by atoms with Gasteiger partial charge < -0.3 is 14.8 Å². The molecule has 0 aliphatic carbocycles. The van der Waals surface area contributed by atoms with E-state index in [4.69, 9.17) is 9.47 Å². The average Bonchev–Trinajstić information content (AvgIpc) is 2.84. The number of amides is 1. The van der Waals surface area contributed by atoms with Crippen molar-refractivity contribution in [2.24, 2.45) is 0 Å². The zero-order chi connectivity index (χ0) is 18.6. The zero-order valence-electron chi connectivity index (χ0n) is 14.5. The van der Waals surface area contributed by atoms with Crippen LogP contribution in [0.15, 0.2) is 24.3 Å². The van der Waals surface area contributed by atoms with E-state index in [2.05, 4.69) is 5.32 Å². The molecular weight excluding hydrogens is 345 g/mol. The van der Waals surface area contributed by atoms with Gasteiger partial charge in [0.2, 0.25) is 0 Å². The molecule has 1 aromatic heterocycles. The lowest BCUT2D eigenvalue weighted by Gasteiger charge is -2.14. The number of hydrogen-bond donors (Lipinski definition) is 1. The lowest BCUT2D eigenvalue weighted by molar-refractivity contribution is -0.122. The monoisotopic (exact) mass is 365 g/mol. The molecule has 2 aromatic rings. The second-order valence-corrected chi connectivity index (χ2v) is 6.64. The molecule has 1 heterocycles. The van der Waals surface area contributed by atoms with Crippen LogP contribution in [0.4, 0.5) is 9.39 Å². The molecule has 1 atom stereocenters. The predicted molar refractivity (Wildman–Crippen MR) is 94.9 cm³/mol. The van der Waals surface area contributed by atoms with Crippen LogP contribution in [-0.2, 0) is 9.53 Å². The molecule has 0 spiro atoms. The third-order valence-corrected chi connectivity index (χ3v) is 4.72. The van der Waals surface area contributed by atoms with Crippen LogP contribution in [0.3, 0.4) is 0 Å². The summed E-state index contributed by atoms with van der Waals surface area (Å²) in [6.45, 7) is 7.24. The average molecular weight is 365 g/mol. The molecule has 0 radical (unpaired) electrons. The third-order valence-electron chi connectivity index (χ3n) is 3.60. The standard InChI is InChI=1S/C18H20FNO4S/c1-5-23-18(22)15-10(2)12(4)25-17(15)20-16(21)11(3)24-14-8-6-13(19)7-9-14/h6-9,11H,5H2,1-4H3,(H,20,21)/t11-/m0/s1. The molecule has 134 valence electrons. The summed E-state index contributed by atoms with van der Waals surface area (Å²) in [4.78, 5) is 25.4. The smallest absolute Gasteiger partial charge is 0.341 e. The van der Waals surface area contributed by atoms with Crippen LogP contribution in [0.25, 0.3) is 0 Å². The molecule has 5 nitrogen and oxygen atoms in total. The molecule has 0 saturated heterocycles. The molecule has 25 heavy (non-hydrogen) atoms. The minimum atomic E-state index is -0.816. The Morgan fingerprint density at radius 2 is 1.88 bits per heavy atom. The van der Waals surface area contributed by atoms with Gasteiger partial charge in [-0.1, -0.05) is 0 Å². The molecule has 0 aliphatic rings. The Kier molecular flexibility index (Phi) is 6.14. The summed E-state index contributed by atoms with van der Waals surface area (Å²) in [5.41, 5.74) is 1.15. The molecule has 0 saturated carbocycles. The van der Waals surface area contributed by atoms with E-state index >= 15 is 0 Å². The normalized spacial score (nSPS) is 11.7. The van der Waals surface area contributed by atoms with E-state index in [0.717, 1.165) is 10.4 Å². The van der Waals surface area contributed by atoms with Crippen LogP contribution in [-0.4, -0.2) is 24.6 Å². The van der Waals surface area contributed by atoms with Gasteiger partial charge in [-0.05, 0) is 57.5 Å². The van der Waals surface area contributed by atoms with Crippen LogP contribution >= 0.6 is 11.3 Å². The van der Waals surface area contributed by atoms with Gasteiger partial charge in [0.05, 0.1) is 12.2 Å². The van der Waals surface area contributed by atoms with Crippen molar-refractivity contribution >= 4 is 28.2 Å². The molecule has 1 N–H and O–H groups in total. The molecule has 0 aliphatic heterocycles. The molecule has 0 unspecified atom stereocenters. The third kappa shape index (κ3) is 4.57. The first-order chi connectivity index (χ1) is 11.8. The quantitative estimate of drug-likeness (QED) is 0.783. The van der Waals surface area contributed by atoms with Crippen molar-refractivity contribution in [1.82, 2.24) is 0 Å². The predicted octanol–water partition coefficient (Wildman–Crippen LogP) is 4.09. The largest absolute Gasteiger partial charge is 0.481 e. The van der Waals surface area contributed by atoms with Gasteiger partial charge in [0.15, 0.2) is 6.10 Å². The Labute approximate surface area is 149 Å². The maximum atomic E-state index is 12.9. The van der Waals surface area contributed by atoms with E-state index in [1.54, 1.807) is 13.8 Å². The van der Waals surface area contributed by atoms with Crippen LogP contribution in [0.5, 0.6) is 5.75 Å². The van der Waals surface area contributed by atoms with Crippen LogP contribution in [0, 0.1) is 19.7 Å². The van der Waals surface area contributed by atoms with Crippen molar-refractivity contribution in [2.75, 3.05) is 11.9 Å². The Bertz CT molecular complexity index is 770. The second-order valence-electron chi connectivity index (χ2n) is 5.41. The van der Waals surface area contributed by atoms with Gasteiger partial charge >= 0.3 is 5.97 Å². The maximum absolute atomic E-state index is 12.9. The fourth-order valence-electron chi connectivity index (χ4n) is 2.15. The fourth-order valence-corrected chi connectivity index (χ4v) is 3.20.